The molecule has 2 nitrogen and oxygen atoms in total. The highest BCUT2D eigenvalue weighted by Gasteiger charge is 2.26. The lowest BCUT2D eigenvalue weighted by molar-refractivity contribution is 0.238. The Kier molecular flexibility index (Phi) is 5.26. The minimum atomic E-state index is 0.489. The van der Waals surface area contributed by atoms with Gasteiger partial charge in [-0.3, -0.25) is 0 Å². The standard InChI is InChI=1S/C17H27NO/c1-4-19-16-11-9-15(10-12-16)17(18-3)14-7-5-13(2)6-8-14/h9-14,17-18H,4-8H2,1-3H3. The molecule has 0 aliphatic heterocycles. The Labute approximate surface area is 117 Å². The van der Waals surface area contributed by atoms with Crippen LogP contribution in [-0.4, -0.2) is 13.7 Å². The van der Waals surface area contributed by atoms with Crippen LogP contribution in [0, 0.1) is 11.8 Å². The van der Waals surface area contributed by atoms with Crippen molar-refractivity contribution in [2.75, 3.05) is 13.7 Å². The smallest absolute Gasteiger partial charge is 0.119 e. The first-order valence-corrected chi connectivity index (χ1v) is 7.64. The van der Waals surface area contributed by atoms with Gasteiger partial charge in [0.15, 0.2) is 0 Å². The first kappa shape index (κ1) is 14.4. The van der Waals surface area contributed by atoms with E-state index in [1.54, 1.807) is 0 Å². The summed E-state index contributed by atoms with van der Waals surface area (Å²) in [6.07, 6.45) is 5.44. The zero-order chi connectivity index (χ0) is 13.7. The van der Waals surface area contributed by atoms with Crippen molar-refractivity contribution in [2.45, 2.75) is 45.6 Å². The summed E-state index contributed by atoms with van der Waals surface area (Å²) in [7, 11) is 2.08. The molecule has 0 saturated heterocycles. The maximum Gasteiger partial charge on any atom is 0.119 e. The third kappa shape index (κ3) is 3.73. The monoisotopic (exact) mass is 261 g/mol. The van der Waals surface area contributed by atoms with E-state index in [-0.39, 0.29) is 0 Å². The van der Waals surface area contributed by atoms with E-state index in [9.17, 15) is 0 Å². The van der Waals surface area contributed by atoms with Gasteiger partial charge in [-0.15, -0.1) is 0 Å². The second-order valence-corrected chi connectivity index (χ2v) is 5.79. The molecule has 1 N–H and O–H groups in total. The summed E-state index contributed by atoms with van der Waals surface area (Å²) in [6.45, 7) is 5.13. The average molecular weight is 261 g/mol. The van der Waals surface area contributed by atoms with Crippen molar-refractivity contribution < 1.29 is 4.74 Å². The summed E-state index contributed by atoms with van der Waals surface area (Å²) in [5.41, 5.74) is 1.39. The van der Waals surface area contributed by atoms with Crippen molar-refractivity contribution in [3.8, 4) is 5.75 Å². The highest BCUT2D eigenvalue weighted by Crippen LogP contribution is 2.36. The van der Waals surface area contributed by atoms with Crippen molar-refractivity contribution >= 4 is 0 Å². The Morgan fingerprint density at radius 1 is 1.16 bits per heavy atom. The topological polar surface area (TPSA) is 21.3 Å². The Balaban J connectivity index is 2.04. The predicted octanol–water partition coefficient (Wildman–Crippen LogP) is 4.17. The minimum Gasteiger partial charge on any atom is -0.494 e. The minimum absolute atomic E-state index is 0.489. The van der Waals surface area contributed by atoms with Crippen LogP contribution in [0.3, 0.4) is 0 Å². The third-order valence-corrected chi connectivity index (χ3v) is 4.39. The molecule has 0 aromatic heterocycles. The molecule has 1 atom stereocenters. The Hall–Kier alpha value is -1.02. The quantitative estimate of drug-likeness (QED) is 0.859. The molecule has 0 spiro atoms. The Morgan fingerprint density at radius 3 is 2.32 bits per heavy atom. The lowest BCUT2D eigenvalue weighted by Gasteiger charge is -2.33. The van der Waals surface area contributed by atoms with Crippen LogP contribution in [0.25, 0.3) is 0 Å². The molecular weight excluding hydrogens is 234 g/mol. The Morgan fingerprint density at radius 2 is 1.79 bits per heavy atom. The zero-order valence-corrected chi connectivity index (χ0v) is 12.5. The summed E-state index contributed by atoms with van der Waals surface area (Å²) >= 11 is 0. The molecule has 1 aliphatic carbocycles. The normalized spacial score (nSPS) is 25.0. The molecule has 1 saturated carbocycles. The fraction of sp³-hybridized carbons (Fsp3) is 0.647. The predicted molar refractivity (Wildman–Crippen MR) is 80.5 cm³/mol. The summed E-state index contributed by atoms with van der Waals surface area (Å²) in [5.74, 6) is 2.66. The van der Waals surface area contributed by atoms with E-state index in [0.717, 1.165) is 24.2 Å². The molecule has 106 valence electrons. The second kappa shape index (κ2) is 6.95. The van der Waals surface area contributed by atoms with Crippen LogP contribution >= 0.6 is 0 Å². The van der Waals surface area contributed by atoms with Crippen LogP contribution in [-0.2, 0) is 0 Å². The highest BCUT2D eigenvalue weighted by atomic mass is 16.5. The van der Waals surface area contributed by atoms with E-state index >= 15 is 0 Å². The van der Waals surface area contributed by atoms with Crippen molar-refractivity contribution in [1.29, 1.82) is 0 Å². The molecule has 1 aromatic rings. The van der Waals surface area contributed by atoms with Gasteiger partial charge in [-0.25, -0.2) is 0 Å². The van der Waals surface area contributed by atoms with Gasteiger partial charge < -0.3 is 10.1 Å². The van der Waals surface area contributed by atoms with Crippen LogP contribution in [0.4, 0.5) is 0 Å². The molecular formula is C17H27NO. The number of rotatable bonds is 5. The third-order valence-electron chi connectivity index (χ3n) is 4.39. The lowest BCUT2D eigenvalue weighted by Crippen LogP contribution is -2.28. The van der Waals surface area contributed by atoms with Crippen LogP contribution in [0.5, 0.6) is 5.75 Å². The van der Waals surface area contributed by atoms with E-state index in [4.69, 9.17) is 4.74 Å². The van der Waals surface area contributed by atoms with Gasteiger partial charge in [0.2, 0.25) is 0 Å². The molecule has 19 heavy (non-hydrogen) atoms. The fourth-order valence-corrected chi connectivity index (χ4v) is 3.23. The number of hydrogen-bond acceptors (Lipinski definition) is 2. The molecule has 1 fully saturated rings. The van der Waals surface area contributed by atoms with Gasteiger partial charge in [-0.05, 0) is 56.3 Å². The van der Waals surface area contributed by atoms with Crippen LogP contribution in [0.1, 0.15) is 51.1 Å². The molecule has 1 unspecified atom stereocenters. The van der Waals surface area contributed by atoms with Crippen molar-refractivity contribution in [1.82, 2.24) is 5.32 Å². The fourth-order valence-electron chi connectivity index (χ4n) is 3.23. The molecule has 0 bridgehead atoms. The van der Waals surface area contributed by atoms with E-state index in [1.165, 1.54) is 31.2 Å². The highest BCUT2D eigenvalue weighted by molar-refractivity contribution is 5.29. The SMILES string of the molecule is CCOc1ccc(C(NC)C2CCC(C)CC2)cc1. The molecule has 0 heterocycles. The van der Waals surface area contributed by atoms with E-state index < -0.39 is 0 Å². The van der Waals surface area contributed by atoms with E-state index in [0.29, 0.717) is 6.04 Å². The van der Waals surface area contributed by atoms with Crippen molar-refractivity contribution in [3.05, 3.63) is 29.8 Å². The summed E-state index contributed by atoms with van der Waals surface area (Å²) in [5, 5.41) is 3.51. The van der Waals surface area contributed by atoms with Crippen LogP contribution in [0.2, 0.25) is 0 Å². The largest absolute Gasteiger partial charge is 0.494 e. The van der Waals surface area contributed by atoms with E-state index in [1.807, 2.05) is 6.92 Å². The van der Waals surface area contributed by atoms with Gasteiger partial charge in [0, 0.05) is 6.04 Å². The van der Waals surface area contributed by atoms with Gasteiger partial charge >= 0.3 is 0 Å². The zero-order valence-electron chi connectivity index (χ0n) is 12.5. The molecule has 0 amide bonds. The first-order valence-electron chi connectivity index (χ1n) is 7.64. The van der Waals surface area contributed by atoms with Gasteiger partial charge in [-0.2, -0.15) is 0 Å². The van der Waals surface area contributed by atoms with Gasteiger partial charge in [0.1, 0.15) is 5.75 Å². The second-order valence-electron chi connectivity index (χ2n) is 5.79. The molecule has 2 heteroatoms. The summed E-state index contributed by atoms with van der Waals surface area (Å²) in [6, 6.07) is 9.10. The van der Waals surface area contributed by atoms with Crippen LogP contribution in [0.15, 0.2) is 24.3 Å². The van der Waals surface area contributed by atoms with Gasteiger partial charge in [0.05, 0.1) is 6.61 Å². The van der Waals surface area contributed by atoms with Gasteiger partial charge in [-0.1, -0.05) is 31.9 Å². The van der Waals surface area contributed by atoms with Crippen LogP contribution < -0.4 is 10.1 Å². The maximum absolute atomic E-state index is 5.51. The number of nitrogens with one attached hydrogen (secondary N) is 1. The summed E-state index contributed by atoms with van der Waals surface area (Å²) < 4.78 is 5.51. The Bertz CT molecular complexity index is 365. The van der Waals surface area contributed by atoms with Gasteiger partial charge in [0.25, 0.3) is 0 Å². The lowest BCUT2D eigenvalue weighted by atomic mass is 9.77. The van der Waals surface area contributed by atoms with Crippen molar-refractivity contribution in [2.24, 2.45) is 11.8 Å². The number of ether oxygens (including phenoxy) is 1. The molecule has 2 rings (SSSR count). The molecule has 0 radical (unpaired) electrons. The molecule has 1 aromatic carbocycles. The average Bonchev–Trinajstić information content (AvgIpc) is 2.44. The summed E-state index contributed by atoms with van der Waals surface area (Å²) in [4.78, 5) is 0. The number of hydrogen-bond donors (Lipinski definition) is 1. The number of benzene rings is 1. The molecule has 1 aliphatic rings. The van der Waals surface area contributed by atoms with Crippen molar-refractivity contribution in [3.63, 3.8) is 0 Å². The first-order chi connectivity index (χ1) is 9.24. The van der Waals surface area contributed by atoms with E-state index in [2.05, 4.69) is 43.6 Å². The maximum atomic E-state index is 5.51.